The number of likely N-dealkylation sites (tertiary alicyclic amines) is 2. The summed E-state index contributed by atoms with van der Waals surface area (Å²) in [5.41, 5.74) is 0.290. The van der Waals surface area contributed by atoms with Crippen molar-refractivity contribution < 1.29 is 24.2 Å². The normalized spacial score (nSPS) is 16.4. The molecule has 0 radical (unpaired) electrons. The summed E-state index contributed by atoms with van der Waals surface area (Å²) in [6.07, 6.45) is 33.3. The molecule has 54 heavy (non-hydrogen) atoms. The molecule has 2 fully saturated rings. The van der Waals surface area contributed by atoms with Gasteiger partial charge in [0, 0.05) is 13.2 Å². The molecule has 7 nitrogen and oxygen atoms in total. The second kappa shape index (κ2) is 31.9. The molecule has 2 aliphatic heterocycles. The topological polar surface area (TPSA) is 79.3 Å². The summed E-state index contributed by atoms with van der Waals surface area (Å²) in [4.78, 5) is 32.7. The third kappa shape index (κ3) is 21.4. The van der Waals surface area contributed by atoms with Gasteiger partial charge in [0.2, 0.25) is 0 Å². The summed E-state index contributed by atoms with van der Waals surface area (Å²) in [7, 11) is 0. The van der Waals surface area contributed by atoms with E-state index in [1.807, 2.05) is 0 Å². The number of aliphatic hydroxyl groups is 1. The highest BCUT2D eigenvalue weighted by atomic mass is 16.5. The number of esters is 2. The number of hydrogen-bond donors (Lipinski definition) is 1. The van der Waals surface area contributed by atoms with Crippen molar-refractivity contribution >= 4 is 11.9 Å². The van der Waals surface area contributed by atoms with Crippen molar-refractivity contribution in [2.75, 3.05) is 52.5 Å². The van der Waals surface area contributed by atoms with Crippen LogP contribution in [0.5, 0.6) is 0 Å². The van der Waals surface area contributed by atoms with Crippen LogP contribution in [0.15, 0.2) is 0 Å². The molecule has 1 spiro atoms. The Bertz CT molecular complexity index is 831. The standard InChI is InChI=1S/C47H90N2O5/c1-5-9-13-17-21-27-42(28-22-18-14-10-6-2)45(51)53-39-44(49-37-33-47(41-49)31-35-48(36-32-47)34-25-26-38-50)40-54-46(52)43(29-23-19-15-11-7-3)30-24-20-16-12-8-4/h42-44,50H,5-41H2,1-4H3. The second-order valence-electron chi connectivity index (χ2n) is 17.6. The van der Waals surface area contributed by atoms with Crippen LogP contribution in [0, 0.1) is 17.3 Å². The highest BCUT2D eigenvalue weighted by Gasteiger charge is 2.43. The molecule has 2 rings (SSSR count). The predicted octanol–water partition coefficient (Wildman–Crippen LogP) is 11.7. The number of carbonyl (C=O) groups is 2. The number of ether oxygens (including phenoxy) is 2. The van der Waals surface area contributed by atoms with Gasteiger partial charge in [-0.2, -0.15) is 0 Å². The quantitative estimate of drug-likeness (QED) is 0.0509. The summed E-state index contributed by atoms with van der Waals surface area (Å²) < 4.78 is 12.6. The fourth-order valence-corrected chi connectivity index (χ4v) is 8.98. The molecule has 0 aliphatic carbocycles. The molecular weight excluding hydrogens is 673 g/mol. The third-order valence-corrected chi connectivity index (χ3v) is 12.9. The van der Waals surface area contributed by atoms with Gasteiger partial charge in [0.1, 0.15) is 13.2 Å². The number of unbranched alkanes of at least 4 members (excludes halogenated alkanes) is 17. The van der Waals surface area contributed by atoms with Crippen molar-refractivity contribution in [1.82, 2.24) is 9.80 Å². The van der Waals surface area contributed by atoms with Crippen LogP contribution in [0.4, 0.5) is 0 Å². The molecule has 318 valence electrons. The van der Waals surface area contributed by atoms with Gasteiger partial charge in [0.25, 0.3) is 0 Å². The van der Waals surface area contributed by atoms with Crippen molar-refractivity contribution in [1.29, 1.82) is 0 Å². The molecule has 2 saturated heterocycles. The van der Waals surface area contributed by atoms with Crippen molar-refractivity contribution in [2.45, 2.75) is 220 Å². The molecule has 0 atom stereocenters. The number of piperidine rings is 1. The maximum absolute atomic E-state index is 13.8. The molecule has 0 aromatic rings. The Morgan fingerprint density at radius 2 is 0.926 bits per heavy atom. The van der Waals surface area contributed by atoms with Gasteiger partial charge in [-0.3, -0.25) is 14.5 Å². The van der Waals surface area contributed by atoms with Gasteiger partial charge >= 0.3 is 11.9 Å². The van der Waals surface area contributed by atoms with Crippen LogP contribution in [-0.2, 0) is 19.1 Å². The van der Waals surface area contributed by atoms with Crippen LogP contribution in [0.1, 0.15) is 214 Å². The average molecular weight is 763 g/mol. The van der Waals surface area contributed by atoms with Gasteiger partial charge in [-0.05, 0) is 89.4 Å². The van der Waals surface area contributed by atoms with E-state index in [0.29, 0.717) is 18.6 Å². The van der Waals surface area contributed by atoms with Gasteiger partial charge in [0.15, 0.2) is 0 Å². The van der Waals surface area contributed by atoms with Crippen LogP contribution in [-0.4, -0.2) is 85.4 Å². The Kier molecular flexibility index (Phi) is 28.9. The van der Waals surface area contributed by atoms with Crippen LogP contribution >= 0.6 is 0 Å². The molecule has 2 heterocycles. The lowest BCUT2D eigenvalue weighted by molar-refractivity contribution is -0.155. The minimum Gasteiger partial charge on any atom is -0.464 e. The molecule has 0 saturated carbocycles. The highest BCUT2D eigenvalue weighted by Crippen LogP contribution is 2.41. The van der Waals surface area contributed by atoms with Crippen LogP contribution < -0.4 is 0 Å². The third-order valence-electron chi connectivity index (χ3n) is 12.9. The SMILES string of the molecule is CCCCCCCC(CCCCCCC)C(=O)OCC(COC(=O)C(CCCCCCC)CCCCCCC)N1CCC2(CCN(CCCCO)CC2)C1. The number of rotatable bonds is 35. The minimum absolute atomic E-state index is 0.0265. The first-order valence-corrected chi connectivity index (χ1v) is 23.8. The summed E-state index contributed by atoms with van der Waals surface area (Å²) in [5.74, 6) is -0.110. The van der Waals surface area contributed by atoms with Crippen LogP contribution in [0.2, 0.25) is 0 Å². The average Bonchev–Trinajstić information content (AvgIpc) is 3.59. The molecular formula is C47H90N2O5. The van der Waals surface area contributed by atoms with Gasteiger partial charge in [-0.1, -0.05) is 156 Å². The molecule has 0 unspecified atom stereocenters. The molecule has 0 bridgehead atoms. The van der Waals surface area contributed by atoms with E-state index in [0.717, 1.165) is 103 Å². The fourth-order valence-electron chi connectivity index (χ4n) is 8.98. The summed E-state index contributed by atoms with van der Waals surface area (Å²) in [6.45, 7) is 15.2. The highest BCUT2D eigenvalue weighted by molar-refractivity contribution is 5.73. The maximum atomic E-state index is 13.8. The fraction of sp³-hybridized carbons (Fsp3) is 0.957. The van der Waals surface area contributed by atoms with E-state index in [4.69, 9.17) is 9.47 Å². The molecule has 2 aliphatic rings. The first kappa shape index (κ1) is 49.0. The zero-order valence-electron chi connectivity index (χ0n) is 36.4. The summed E-state index contributed by atoms with van der Waals surface area (Å²) >= 11 is 0. The number of hydrogen-bond acceptors (Lipinski definition) is 7. The number of nitrogens with zero attached hydrogens (tertiary/aromatic N) is 2. The Morgan fingerprint density at radius 1 is 0.537 bits per heavy atom. The summed E-state index contributed by atoms with van der Waals surface area (Å²) in [6, 6.07) is -0.0932. The van der Waals surface area contributed by atoms with E-state index in [-0.39, 0.29) is 36.4 Å². The lowest BCUT2D eigenvalue weighted by Crippen LogP contribution is -2.46. The second-order valence-corrected chi connectivity index (χ2v) is 17.6. The van der Waals surface area contributed by atoms with Crippen molar-refractivity contribution in [3.63, 3.8) is 0 Å². The van der Waals surface area contributed by atoms with Gasteiger partial charge in [0.05, 0.1) is 17.9 Å². The van der Waals surface area contributed by atoms with E-state index < -0.39 is 0 Å². The Hall–Kier alpha value is -1.18. The van der Waals surface area contributed by atoms with Gasteiger partial charge < -0.3 is 19.5 Å². The van der Waals surface area contributed by atoms with E-state index in [9.17, 15) is 14.7 Å². The maximum Gasteiger partial charge on any atom is 0.308 e. The Labute approximate surface area is 334 Å². The largest absolute Gasteiger partial charge is 0.464 e. The molecule has 0 aromatic carbocycles. The smallest absolute Gasteiger partial charge is 0.308 e. The molecule has 7 heteroatoms. The Balaban J connectivity index is 2.10. The molecule has 0 aromatic heterocycles. The minimum atomic E-state index is -0.0932. The van der Waals surface area contributed by atoms with Crippen LogP contribution in [0.25, 0.3) is 0 Å². The van der Waals surface area contributed by atoms with Gasteiger partial charge in [-0.15, -0.1) is 0 Å². The lowest BCUT2D eigenvalue weighted by atomic mass is 9.77. The predicted molar refractivity (Wildman–Crippen MR) is 227 cm³/mol. The van der Waals surface area contributed by atoms with E-state index in [2.05, 4.69) is 37.5 Å². The summed E-state index contributed by atoms with van der Waals surface area (Å²) in [5, 5.41) is 9.24. The number of carbonyl (C=O) groups excluding carboxylic acids is 2. The van der Waals surface area contributed by atoms with Crippen molar-refractivity contribution in [2.24, 2.45) is 17.3 Å². The van der Waals surface area contributed by atoms with Crippen molar-refractivity contribution in [3.05, 3.63) is 0 Å². The zero-order chi connectivity index (χ0) is 39.1. The van der Waals surface area contributed by atoms with E-state index >= 15 is 0 Å². The number of aliphatic hydroxyl groups excluding tert-OH is 1. The van der Waals surface area contributed by atoms with Gasteiger partial charge in [-0.25, -0.2) is 0 Å². The lowest BCUT2D eigenvalue weighted by Gasteiger charge is -2.40. The molecule has 0 amide bonds. The first-order chi connectivity index (χ1) is 26.4. The van der Waals surface area contributed by atoms with E-state index in [1.165, 1.54) is 116 Å². The van der Waals surface area contributed by atoms with Crippen LogP contribution in [0.3, 0.4) is 0 Å². The van der Waals surface area contributed by atoms with E-state index in [1.54, 1.807) is 0 Å². The first-order valence-electron chi connectivity index (χ1n) is 23.8. The monoisotopic (exact) mass is 763 g/mol. The zero-order valence-corrected chi connectivity index (χ0v) is 36.4. The van der Waals surface area contributed by atoms with Crippen molar-refractivity contribution in [3.8, 4) is 0 Å². The Morgan fingerprint density at radius 3 is 1.31 bits per heavy atom. The molecule has 1 N–H and O–H groups in total.